The summed E-state index contributed by atoms with van der Waals surface area (Å²) in [6.45, 7) is 1.84. The van der Waals surface area contributed by atoms with Crippen LogP contribution in [0.15, 0.2) is 30.3 Å². The average molecular weight is 335 g/mol. The van der Waals surface area contributed by atoms with Crippen molar-refractivity contribution in [2.24, 2.45) is 0 Å². The highest BCUT2D eigenvalue weighted by Crippen LogP contribution is 2.22. The second-order valence-electron chi connectivity index (χ2n) is 4.60. The predicted molar refractivity (Wildman–Crippen MR) is 78.6 cm³/mol. The molecule has 108 valence electrons. The maximum Gasteiger partial charge on any atom is 0.166 e. The maximum absolute atomic E-state index is 13.8. The summed E-state index contributed by atoms with van der Waals surface area (Å²) in [5.74, 6) is 0.564. The topological polar surface area (TPSA) is 9.23 Å². The Morgan fingerprint density at radius 2 is 1.84 bits per heavy atom. The molecule has 3 atom stereocenters. The van der Waals surface area contributed by atoms with Crippen LogP contribution in [-0.2, 0) is 0 Å². The van der Waals surface area contributed by atoms with Gasteiger partial charge in [-0.15, -0.1) is 0 Å². The molecule has 0 saturated carbocycles. The molecule has 0 fully saturated rings. The summed E-state index contributed by atoms with van der Waals surface area (Å²) >= 11 is 3.23. The molecule has 0 saturated heterocycles. The minimum Gasteiger partial charge on any atom is -0.490 e. The highest BCUT2D eigenvalue weighted by molar-refractivity contribution is 9.09. The molecule has 0 aliphatic rings. The van der Waals surface area contributed by atoms with Gasteiger partial charge in [-0.1, -0.05) is 60.3 Å². The molecule has 19 heavy (non-hydrogen) atoms. The Bertz CT molecular complexity index is 334. The van der Waals surface area contributed by atoms with Gasteiger partial charge in [-0.25, -0.2) is 8.78 Å². The number of hydrogen-bond acceptors (Lipinski definition) is 1. The molecule has 0 heterocycles. The lowest BCUT2D eigenvalue weighted by Crippen LogP contribution is -2.31. The number of alkyl halides is 3. The lowest BCUT2D eigenvalue weighted by atomic mass is 10.1. The summed E-state index contributed by atoms with van der Waals surface area (Å²) in [7, 11) is 0. The van der Waals surface area contributed by atoms with E-state index in [1.807, 2.05) is 6.07 Å². The monoisotopic (exact) mass is 334 g/mol. The first kappa shape index (κ1) is 16.4. The van der Waals surface area contributed by atoms with E-state index in [-0.39, 0.29) is 6.61 Å². The van der Waals surface area contributed by atoms with E-state index >= 15 is 0 Å². The van der Waals surface area contributed by atoms with E-state index in [1.54, 1.807) is 24.3 Å². The van der Waals surface area contributed by atoms with E-state index in [2.05, 4.69) is 22.9 Å². The molecule has 0 N–H and O–H groups in total. The normalized spacial score (nSPS) is 15.8. The van der Waals surface area contributed by atoms with Gasteiger partial charge in [0.05, 0.1) is 0 Å². The van der Waals surface area contributed by atoms with Crippen LogP contribution >= 0.6 is 15.9 Å². The van der Waals surface area contributed by atoms with Crippen LogP contribution in [0.4, 0.5) is 8.78 Å². The van der Waals surface area contributed by atoms with E-state index in [0.29, 0.717) is 12.2 Å². The number of halogens is 3. The molecule has 4 heteroatoms. The van der Waals surface area contributed by atoms with Crippen molar-refractivity contribution in [3.05, 3.63) is 30.3 Å². The summed E-state index contributed by atoms with van der Waals surface area (Å²) in [5.41, 5.74) is 0. The lowest BCUT2D eigenvalue weighted by Gasteiger charge is -2.19. The number of rotatable bonds is 9. The smallest absolute Gasteiger partial charge is 0.166 e. The molecule has 1 aromatic carbocycles. The molecular formula is C15H21BrF2O. The van der Waals surface area contributed by atoms with Gasteiger partial charge in [0.1, 0.15) is 18.5 Å². The first-order chi connectivity index (χ1) is 9.15. The fourth-order valence-electron chi connectivity index (χ4n) is 1.76. The van der Waals surface area contributed by atoms with Gasteiger partial charge in [0.25, 0.3) is 0 Å². The first-order valence-electron chi connectivity index (χ1n) is 6.75. The standard InChI is InChI=1S/C15H21BrF2O/c1-2-3-5-10-13(16)15(18)14(17)11-19-12-8-6-4-7-9-12/h4,6-9,13-15H,2-3,5,10-11H2,1H3. The van der Waals surface area contributed by atoms with Crippen molar-refractivity contribution < 1.29 is 13.5 Å². The molecule has 0 bridgehead atoms. The Morgan fingerprint density at radius 3 is 2.47 bits per heavy atom. The van der Waals surface area contributed by atoms with Gasteiger partial charge in [0, 0.05) is 4.83 Å². The molecule has 3 unspecified atom stereocenters. The van der Waals surface area contributed by atoms with Crippen LogP contribution in [-0.4, -0.2) is 23.8 Å². The fraction of sp³-hybridized carbons (Fsp3) is 0.600. The van der Waals surface area contributed by atoms with E-state index in [4.69, 9.17) is 4.74 Å². The number of para-hydroxylation sites is 1. The largest absolute Gasteiger partial charge is 0.490 e. The van der Waals surface area contributed by atoms with Crippen molar-refractivity contribution in [2.75, 3.05) is 6.61 Å². The lowest BCUT2D eigenvalue weighted by molar-refractivity contribution is 0.106. The first-order valence-corrected chi connectivity index (χ1v) is 7.66. The second-order valence-corrected chi connectivity index (χ2v) is 5.77. The van der Waals surface area contributed by atoms with E-state index in [9.17, 15) is 8.78 Å². The van der Waals surface area contributed by atoms with Crippen LogP contribution in [0.3, 0.4) is 0 Å². The Labute approximate surface area is 122 Å². The Kier molecular flexibility index (Phi) is 8.03. The van der Waals surface area contributed by atoms with Crippen LogP contribution in [0, 0.1) is 0 Å². The molecule has 0 aromatic heterocycles. The van der Waals surface area contributed by atoms with Crippen molar-refractivity contribution in [1.82, 2.24) is 0 Å². The van der Waals surface area contributed by atoms with Crippen molar-refractivity contribution in [3.63, 3.8) is 0 Å². The van der Waals surface area contributed by atoms with Gasteiger partial charge in [0.2, 0.25) is 0 Å². The summed E-state index contributed by atoms with van der Waals surface area (Å²) in [6, 6.07) is 8.90. The Hall–Kier alpha value is -0.640. The van der Waals surface area contributed by atoms with Gasteiger partial charge < -0.3 is 4.74 Å². The molecule has 1 rings (SSSR count). The second kappa shape index (κ2) is 9.29. The van der Waals surface area contributed by atoms with E-state index in [0.717, 1.165) is 19.3 Å². The number of benzene rings is 1. The molecule has 0 amide bonds. The number of hydrogen-bond donors (Lipinski definition) is 0. The highest BCUT2D eigenvalue weighted by atomic mass is 79.9. The zero-order chi connectivity index (χ0) is 14.1. The SMILES string of the molecule is CCCCCC(Br)C(F)C(F)COc1ccccc1. The minimum absolute atomic E-state index is 0.249. The van der Waals surface area contributed by atoms with Gasteiger partial charge in [-0.3, -0.25) is 0 Å². The van der Waals surface area contributed by atoms with Crippen molar-refractivity contribution in [1.29, 1.82) is 0 Å². The van der Waals surface area contributed by atoms with Crippen LogP contribution in [0.5, 0.6) is 5.75 Å². The Morgan fingerprint density at radius 1 is 1.16 bits per heavy atom. The number of ether oxygens (including phenoxy) is 1. The van der Waals surface area contributed by atoms with Crippen LogP contribution in [0.2, 0.25) is 0 Å². The third kappa shape index (κ3) is 6.37. The maximum atomic E-state index is 13.8. The van der Waals surface area contributed by atoms with Crippen LogP contribution < -0.4 is 4.74 Å². The van der Waals surface area contributed by atoms with Gasteiger partial charge in [0.15, 0.2) is 6.17 Å². The van der Waals surface area contributed by atoms with E-state index in [1.165, 1.54) is 0 Å². The third-order valence-corrected chi connectivity index (χ3v) is 3.89. The highest BCUT2D eigenvalue weighted by Gasteiger charge is 2.28. The molecule has 0 aliphatic carbocycles. The summed E-state index contributed by atoms with van der Waals surface area (Å²) in [5, 5.41) is 0. The van der Waals surface area contributed by atoms with Gasteiger partial charge >= 0.3 is 0 Å². The predicted octanol–water partition coefficient (Wildman–Crippen LogP) is 5.09. The molecular weight excluding hydrogens is 314 g/mol. The Balaban J connectivity index is 2.29. The third-order valence-electron chi connectivity index (χ3n) is 2.93. The van der Waals surface area contributed by atoms with Gasteiger partial charge in [-0.05, 0) is 18.6 Å². The van der Waals surface area contributed by atoms with E-state index < -0.39 is 17.2 Å². The van der Waals surface area contributed by atoms with Crippen molar-refractivity contribution in [3.8, 4) is 5.75 Å². The summed E-state index contributed by atoms with van der Waals surface area (Å²) in [6.07, 6.45) is 0.561. The molecule has 1 aromatic rings. The molecule has 0 radical (unpaired) electrons. The fourth-order valence-corrected chi connectivity index (χ4v) is 2.41. The summed E-state index contributed by atoms with van der Waals surface area (Å²) in [4.78, 5) is -0.437. The van der Waals surface area contributed by atoms with Gasteiger partial charge in [-0.2, -0.15) is 0 Å². The minimum atomic E-state index is -1.61. The molecule has 0 spiro atoms. The van der Waals surface area contributed by atoms with Crippen LogP contribution in [0.25, 0.3) is 0 Å². The number of unbranched alkanes of at least 4 members (excludes halogenated alkanes) is 2. The van der Waals surface area contributed by atoms with Crippen molar-refractivity contribution >= 4 is 15.9 Å². The molecule has 1 nitrogen and oxygen atoms in total. The summed E-state index contributed by atoms with van der Waals surface area (Å²) < 4.78 is 32.8. The zero-order valence-electron chi connectivity index (χ0n) is 11.2. The van der Waals surface area contributed by atoms with Crippen LogP contribution in [0.1, 0.15) is 32.6 Å². The quantitative estimate of drug-likeness (QED) is 0.451. The van der Waals surface area contributed by atoms with Crippen molar-refractivity contribution in [2.45, 2.75) is 49.8 Å². The molecule has 0 aliphatic heterocycles. The average Bonchev–Trinajstić information content (AvgIpc) is 2.45. The zero-order valence-corrected chi connectivity index (χ0v) is 12.8.